The van der Waals surface area contributed by atoms with Crippen molar-refractivity contribution in [2.75, 3.05) is 39.5 Å². The number of carbonyl (C=O) groups is 2. The number of anilines is 1. The minimum absolute atomic E-state index is 0.0916. The van der Waals surface area contributed by atoms with Gasteiger partial charge in [-0.3, -0.25) is 9.59 Å². The minimum Gasteiger partial charge on any atom is -0.480 e. The molecule has 2 aromatic carbocycles. The van der Waals surface area contributed by atoms with Crippen LogP contribution in [0.4, 0.5) is 18.9 Å². The second-order valence-corrected chi connectivity index (χ2v) is 12.4. The van der Waals surface area contributed by atoms with E-state index in [0.29, 0.717) is 18.1 Å². The maximum atomic E-state index is 11.9. The molecule has 11 heteroatoms. The van der Waals surface area contributed by atoms with Gasteiger partial charge < -0.3 is 20.2 Å². The second kappa shape index (κ2) is 13.5. The zero-order chi connectivity index (χ0) is 27.8. The number of carboxylic acids is 1. The van der Waals surface area contributed by atoms with E-state index in [1.165, 1.54) is 47.2 Å². The highest BCUT2D eigenvalue weighted by molar-refractivity contribution is 8.01. The van der Waals surface area contributed by atoms with Gasteiger partial charge in [-0.1, -0.05) is 6.07 Å². The Balaban J connectivity index is 0.000000294. The Labute approximate surface area is 225 Å². The lowest BCUT2D eigenvalue weighted by molar-refractivity contribution is -0.138. The summed E-state index contributed by atoms with van der Waals surface area (Å²) in [5.41, 5.74) is -1.03. The Bertz CT molecular complexity index is 1050. The van der Waals surface area contributed by atoms with E-state index in [1.54, 1.807) is 13.8 Å². The van der Waals surface area contributed by atoms with Gasteiger partial charge in [-0.15, -0.1) is 11.8 Å². The molecule has 204 valence electrons. The number of alkyl halides is 3. The molecule has 1 amide bonds. The first-order chi connectivity index (χ1) is 17.2. The normalized spacial score (nSPS) is 15.2. The van der Waals surface area contributed by atoms with Crippen LogP contribution in [0, 0.1) is 0 Å². The van der Waals surface area contributed by atoms with E-state index in [4.69, 9.17) is 0 Å². The molecule has 2 N–H and O–H groups in total. The predicted molar refractivity (Wildman–Crippen MR) is 144 cm³/mol. The highest BCUT2D eigenvalue weighted by Crippen LogP contribution is 2.37. The smallest absolute Gasteiger partial charge is 0.446 e. The van der Waals surface area contributed by atoms with Crippen LogP contribution in [0.5, 0.6) is 0 Å². The number of hydrogen-bond donors (Lipinski definition) is 2. The molecule has 0 spiro atoms. The minimum atomic E-state index is -4.28. The van der Waals surface area contributed by atoms with Crippen molar-refractivity contribution in [1.29, 1.82) is 0 Å². The maximum Gasteiger partial charge on any atom is 0.446 e. The van der Waals surface area contributed by atoms with Gasteiger partial charge in [-0.05, 0) is 107 Å². The summed E-state index contributed by atoms with van der Waals surface area (Å²) in [5, 5.41) is 11.6. The first-order valence-electron chi connectivity index (χ1n) is 11.7. The number of aliphatic carboxylic acids is 1. The molecule has 0 radical (unpaired) electrons. The van der Waals surface area contributed by atoms with Gasteiger partial charge in [0.25, 0.3) is 0 Å². The average Bonchev–Trinajstić information content (AvgIpc) is 3.21. The first-order valence-corrected chi connectivity index (χ1v) is 13.3. The van der Waals surface area contributed by atoms with Gasteiger partial charge in [0.2, 0.25) is 6.41 Å². The number of likely N-dealkylation sites (N-methyl/N-ethyl adjacent to an activating group) is 2. The number of thioether (sulfide) groups is 2. The quantitative estimate of drug-likeness (QED) is 0.297. The van der Waals surface area contributed by atoms with Gasteiger partial charge in [-0.25, -0.2) is 0 Å². The number of carboxylic acid groups (broad SMARTS) is 1. The summed E-state index contributed by atoms with van der Waals surface area (Å²) in [6.45, 7) is 5.65. The number of halogens is 3. The van der Waals surface area contributed by atoms with E-state index in [0.717, 1.165) is 30.8 Å². The number of benzene rings is 2. The number of rotatable bonds is 10. The van der Waals surface area contributed by atoms with Crippen LogP contribution >= 0.6 is 23.5 Å². The summed E-state index contributed by atoms with van der Waals surface area (Å²) in [6, 6.07) is 12.4. The monoisotopic (exact) mass is 557 g/mol. The molecule has 6 nitrogen and oxygen atoms in total. The van der Waals surface area contributed by atoms with Crippen molar-refractivity contribution >= 4 is 41.6 Å². The fraction of sp³-hybridized carbons (Fsp3) is 0.462. The molecule has 0 bridgehead atoms. The summed E-state index contributed by atoms with van der Waals surface area (Å²) >= 11 is 1.24. The largest absolute Gasteiger partial charge is 0.480 e. The van der Waals surface area contributed by atoms with Crippen LogP contribution in [-0.4, -0.2) is 77.8 Å². The first kappa shape index (κ1) is 31.0. The molecule has 1 aliphatic rings. The number of nitrogens with one attached hydrogen (secondary N) is 1. The molecule has 1 atom stereocenters. The molecule has 0 heterocycles. The van der Waals surface area contributed by atoms with E-state index >= 15 is 0 Å². The molecule has 2 aromatic rings. The zero-order valence-corrected chi connectivity index (χ0v) is 23.3. The van der Waals surface area contributed by atoms with Gasteiger partial charge in [0.1, 0.15) is 4.75 Å². The molecule has 0 saturated carbocycles. The summed E-state index contributed by atoms with van der Waals surface area (Å²) in [4.78, 5) is 27.1. The zero-order valence-electron chi connectivity index (χ0n) is 21.6. The van der Waals surface area contributed by atoms with Gasteiger partial charge >= 0.3 is 11.5 Å². The van der Waals surface area contributed by atoms with Crippen LogP contribution in [-0.2, 0) is 22.4 Å². The van der Waals surface area contributed by atoms with Crippen LogP contribution in [0.15, 0.2) is 52.3 Å². The standard InChI is InChI=1S/C18H28N2O2S.C8H6F3NOS/c1-18(2,17(21)22)23-16-7-6-13-10-15(11-14(13)12-16)20(5)9-8-19(3)4;9-8(10,11)14-7-3-1-6(2-4-7)12-5-13/h6-7,12,15H,8-11H2,1-5H3,(H,21,22);1-5H,(H,12,13). The Kier molecular flexibility index (Phi) is 11.4. The Morgan fingerprint density at radius 3 is 2.14 bits per heavy atom. The van der Waals surface area contributed by atoms with Gasteiger partial charge in [0.05, 0.1) is 0 Å². The van der Waals surface area contributed by atoms with Crippen molar-refractivity contribution in [3.8, 4) is 0 Å². The summed E-state index contributed by atoms with van der Waals surface area (Å²) in [5.74, 6) is -0.774. The number of nitrogens with zero attached hydrogens (tertiary/aromatic N) is 2. The number of carbonyl (C=O) groups excluding carboxylic acids is 1. The molecular weight excluding hydrogens is 523 g/mol. The third-order valence-corrected chi connectivity index (χ3v) is 7.73. The number of amides is 1. The van der Waals surface area contributed by atoms with Crippen molar-refractivity contribution in [3.63, 3.8) is 0 Å². The van der Waals surface area contributed by atoms with Gasteiger partial charge in [0.15, 0.2) is 0 Å². The lowest BCUT2D eigenvalue weighted by Gasteiger charge is -2.25. The fourth-order valence-corrected chi connectivity index (χ4v) is 5.20. The van der Waals surface area contributed by atoms with E-state index in [2.05, 4.69) is 54.5 Å². The van der Waals surface area contributed by atoms with E-state index in [9.17, 15) is 27.9 Å². The van der Waals surface area contributed by atoms with E-state index < -0.39 is 16.2 Å². The Hall–Kier alpha value is -2.21. The van der Waals surface area contributed by atoms with Crippen LogP contribution in [0.3, 0.4) is 0 Å². The highest BCUT2D eigenvalue weighted by atomic mass is 32.2. The van der Waals surface area contributed by atoms with E-state index in [1.807, 2.05) is 0 Å². The average molecular weight is 558 g/mol. The molecule has 0 fully saturated rings. The van der Waals surface area contributed by atoms with Crippen LogP contribution < -0.4 is 5.32 Å². The molecule has 0 aromatic heterocycles. The third kappa shape index (κ3) is 10.6. The molecule has 0 aliphatic heterocycles. The van der Waals surface area contributed by atoms with E-state index in [-0.39, 0.29) is 16.7 Å². The van der Waals surface area contributed by atoms with Crippen LogP contribution in [0.25, 0.3) is 0 Å². The molecule has 0 saturated heterocycles. The molecule has 1 aliphatic carbocycles. The Morgan fingerprint density at radius 2 is 1.59 bits per heavy atom. The number of hydrogen-bond acceptors (Lipinski definition) is 6. The van der Waals surface area contributed by atoms with Crippen molar-refractivity contribution in [1.82, 2.24) is 9.80 Å². The third-order valence-electron chi connectivity index (χ3n) is 5.81. The predicted octanol–water partition coefficient (Wildman–Crippen LogP) is 5.47. The number of fused-ring (bicyclic) bond motifs is 1. The molecule has 37 heavy (non-hydrogen) atoms. The summed E-state index contributed by atoms with van der Waals surface area (Å²) in [6.07, 6.45) is 2.61. The van der Waals surface area contributed by atoms with Crippen LogP contribution in [0.2, 0.25) is 0 Å². The molecule has 3 rings (SSSR count). The van der Waals surface area contributed by atoms with Crippen molar-refractivity contribution in [2.45, 2.75) is 52.8 Å². The van der Waals surface area contributed by atoms with Crippen molar-refractivity contribution in [3.05, 3.63) is 53.6 Å². The maximum absolute atomic E-state index is 11.9. The highest BCUT2D eigenvalue weighted by Gasteiger charge is 2.30. The second-order valence-electron chi connectivity index (χ2n) is 9.53. The summed E-state index contributed by atoms with van der Waals surface area (Å²) < 4.78 is 34.8. The lowest BCUT2D eigenvalue weighted by Crippen LogP contribution is -2.37. The van der Waals surface area contributed by atoms with Crippen LogP contribution in [0.1, 0.15) is 25.0 Å². The lowest BCUT2D eigenvalue weighted by atomic mass is 10.1. The van der Waals surface area contributed by atoms with Crippen molar-refractivity contribution < 1.29 is 27.9 Å². The SMILES string of the molecule is CN(C)CCN(C)C1Cc2ccc(SC(C)(C)C(=O)O)cc2C1.O=CNc1ccc(SC(F)(F)F)cc1. The fourth-order valence-electron chi connectivity index (χ4n) is 3.65. The van der Waals surface area contributed by atoms with Gasteiger partial charge in [0, 0.05) is 34.6 Å². The summed E-state index contributed by atoms with van der Waals surface area (Å²) in [7, 11) is 6.40. The molecular formula is C26H34F3N3O3S2. The molecule has 1 unspecified atom stereocenters. The van der Waals surface area contributed by atoms with Gasteiger partial charge in [-0.2, -0.15) is 13.2 Å². The Morgan fingerprint density at radius 1 is 1.00 bits per heavy atom. The van der Waals surface area contributed by atoms with Crippen molar-refractivity contribution in [2.24, 2.45) is 0 Å². The topological polar surface area (TPSA) is 72.9 Å².